The van der Waals surface area contributed by atoms with Crippen LogP contribution in [0.4, 0.5) is 8.78 Å². The average Bonchev–Trinajstić information content (AvgIpc) is 2.64. The van der Waals surface area contributed by atoms with Gasteiger partial charge in [0, 0.05) is 11.6 Å². The Labute approximate surface area is 149 Å². The number of esters is 1. The first-order valence-corrected chi connectivity index (χ1v) is 7.63. The molecule has 0 heterocycles. The van der Waals surface area contributed by atoms with Gasteiger partial charge in [-0.15, -0.1) is 0 Å². The van der Waals surface area contributed by atoms with Gasteiger partial charge >= 0.3 is 12.6 Å². The van der Waals surface area contributed by atoms with Crippen LogP contribution in [0.1, 0.15) is 11.1 Å². The van der Waals surface area contributed by atoms with E-state index in [4.69, 9.17) is 14.2 Å². The SMILES string of the molecule is COc1cccc(COC(=O)/C=C/c2ccc(OC(F)F)cc2)c1OC. The Hall–Kier alpha value is -3.09. The highest BCUT2D eigenvalue weighted by molar-refractivity contribution is 5.87. The van der Waals surface area contributed by atoms with E-state index in [0.717, 1.165) is 0 Å². The summed E-state index contributed by atoms with van der Waals surface area (Å²) in [7, 11) is 3.03. The molecule has 138 valence electrons. The molecule has 0 aromatic heterocycles. The second kappa shape index (κ2) is 9.41. The minimum Gasteiger partial charge on any atom is -0.493 e. The molecule has 0 saturated heterocycles. The van der Waals surface area contributed by atoms with Gasteiger partial charge in [0.05, 0.1) is 14.2 Å². The zero-order valence-corrected chi connectivity index (χ0v) is 14.3. The topological polar surface area (TPSA) is 54.0 Å². The fourth-order valence-electron chi connectivity index (χ4n) is 2.19. The van der Waals surface area contributed by atoms with E-state index in [-0.39, 0.29) is 12.4 Å². The molecule has 5 nitrogen and oxygen atoms in total. The second-order valence-corrected chi connectivity index (χ2v) is 5.04. The number of ether oxygens (including phenoxy) is 4. The fourth-order valence-corrected chi connectivity index (χ4v) is 2.19. The van der Waals surface area contributed by atoms with Gasteiger partial charge in [-0.2, -0.15) is 8.78 Å². The third-order valence-electron chi connectivity index (χ3n) is 3.37. The van der Waals surface area contributed by atoms with E-state index in [2.05, 4.69) is 4.74 Å². The van der Waals surface area contributed by atoms with Crippen LogP contribution in [0.3, 0.4) is 0 Å². The highest BCUT2D eigenvalue weighted by Crippen LogP contribution is 2.31. The van der Waals surface area contributed by atoms with Crippen molar-refractivity contribution in [3.8, 4) is 17.2 Å². The van der Waals surface area contributed by atoms with Gasteiger partial charge in [-0.25, -0.2) is 4.79 Å². The smallest absolute Gasteiger partial charge is 0.387 e. The number of carbonyl (C=O) groups is 1. The van der Waals surface area contributed by atoms with Crippen molar-refractivity contribution in [3.05, 3.63) is 59.7 Å². The predicted octanol–water partition coefficient (Wildman–Crippen LogP) is 4.06. The standard InChI is InChI=1S/C19H18F2O5/c1-23-16-5-3-4-14(18(16)24-2)12-25-17(22)11-8-13-6-9-15(10-7-13)26-19(20)21/h3-11,19H,12H2,1-2H3/b11-8+. The highest BCUT2D eigenvalue weighted by Gasteiger charge is 2.10. The molecular weight excluding hydrogens is 346 g/mol. The summed E-state index contributed by atoms with van der Waals surface area (Å²) >= 11 is 0. The number of carbonyl (C=O) groups excluding carboxylic acids is 1. The minimum absolute atomic E-state index is 0.0186. The lowest BCUT2D eigenvalue weighted by atomic mass is 10.2. The largest absolute Gasteiger partial charge is 0.493 e. The van der Waals surface area contributed by atoms with Gasteiger partial charge in [-0.05, 0) is 29.8 Å². The number of hydrogen-bond donors (Lipinski definition) is 0. The van der Waals surface area contributed by atoms with E-state index in [1.165, 1.54) is 38.5 Å². The zero-order valence-electron chi connectivity index (χ0n) is 14.3. The summed E-state index contributed by atoms with van der Waals surface area (Å²) in [6.07, 6.45) is 2.76. The van der Waals surface area contributed by atoms with Crippen LogP contribution in [-0.2, 0) is 16.1 Å². The summed E-state index contributed by atoms with van der Waals surface area (Å²) in [5.74, 6) is 0.539. The summed E-state index contributed by atoms with van der Waals surface area (Å²) in [6.45, 7) is -2.86. The molecule has 26 heavy (non-hydrogen) atoms. The lowest BCUT2D eigenvalue weighted by molar-refractivity contribution is -0.138. The Balaban J connectivity index is 1.94. The first kappa shape index (κ1) is 19.2. The first-order chi connectivity index (χ1) is 12.5. The molecule has 0 fully saturated rings. The summed E-state index contributed by atoms with van der Waals surface area (Å²) in [5.41, 5.74) is 1.31. The Morgan fingerprint density at radius 2 is 1.81 bits per heavy atom. The van der Waals surface area contributed by atoms with E-state index in [1.807, 2.05) is 0 Å². The summed E-state index contributed by atoms with van der Waals surface area (Å²) in [5, 5.41) is 0. The number of para-hydroxylation sites is 1. The Morgan fingerprint density at radius 3 is 2.42 bits per heavy atom. The molecule has 0 atom stereocenters. The van der Waals surface area contributed by atoms with Crippen molar-refractivity contribution in [1.82, 2.24) is 0 Å². The fraction of sp³-hybridized carbons (Fsp3) is 0.211. The molecular formula is C19H18F2O5. The molecule has 0 aliphatic carbocycles. The van der Waals surface area contributed by atoms with Crippen molar-refractivity contribution in [2.24, 2.45) is 0 Å². The maximum absolute atomic E-state index is 12.1. The Bertz CT molecular complexity index is 757. The van der Waals surface area contributed by atoms with Gasteiger partial charge in [0.25, 0.3) is 0 Å². The van der Waals surface area contributed by atoms with Crippen molar-refractivity contribution in [3.63, 3.8) is 0 Å². The van der Waals surface area contributed by atoms with Crippen LogP contribution in [-0.4, -0.2) is 26.8 Å². The third kappa shape index (κ3) is 5.47. The minimum atomic E-state index is -2.88. The number of hydrogen-bond acceptors (Lipinski definition) is 5. The molecule has 7 heteroatoms. The number of benzene rings is 2. The maximum Gasteiger partial charge on any atom is 0.387 e. The first-order valence-electron chi connectivity index (χ1n) is 7.63. The second-order valence-electron chi connectivity index (χ2n) is 5.04. The lowest BCUT2D eigenvalue weighted by Crippen LogP contribution is -2.03. The molecule has 0 spiro atoms. The van der Waals surface area contributed by atoms with Crippen LogP contribution in [0.25, 0.3) is 6.08 Å². The molecule has 2 rings (SSSR count). The molecule has 0 radical (unpaired) electrons. The molecule has 0 N–H and O–H groups in total. The Morgan fingerprint density at radius 1 is 1.08 bits per heavy atom. The molecule has 0 bridgehead atoms. The summed E-state index contributed by atoms with van der Waals surface area (Å²) in [4.78, 5) is 11.9. The van der Waals surface area contributed by atoms with E-state index in [9.17, 15) is 13.6 Å². The van der Waals surface area contributed by atoms with Gasteiger partial charge in [-0.3, -0.25) is 0 Å². The van der Waals surface area contributed by atoms with Crippen LogP contribution in [0.5, 0.6) is 17.2 Å². The monoisotopic (exact) mass is 364 g/mol. The van der Waals surface area contributed by atoms with Gasteiger partial charge in [0.1, 0.15) is 12.4 Å². The molecule has 0 aliphatic heterocycles. The van der Waals surface area contributed by atoms with E-state index in [1.54, 1.807) is 30.3 Å². The third-order valence-corrected chi connectivity index (χ3v) is 3.37. The van der Waals surface area contributed by atoms with Crippen LogP contribution in [0.15, 0.2) is 48.5 Å². The zero-order chi connectivity index (χ0) is 18.9. The quantitative estimate of drug-likeness (QED) is 0.522. The molecule has 0 saturated carbocycles. The number of alkyl halides is 2. The predicted molar refractivity (Wildman–Crippen MR) is 91.5 cm³/mol. The normalized spacial score (nSPS) is 10.8. The summed E-state index contributed by atoms with van der Waals surface area (Å²) < 4.78 is 44.1. The molecule has 0 aliphatic rings. The van der Waals surface area contributed by atoms with Crippen molar-refractivity contribution < 1.29 is 32.5 Å². The van der Waals surface area contributed by atoms with E-state index >= 15 is 0 Å². The van der Waals surface area contributed by atoms with Gasteiger partial charge in [0.2, 0.25) is 0 Å². The molecule has 2 aromatic carbocycles. The highest BCUT2D eigenvalue weighted by atomic mass is 19.3. The van der Waals surface area contributed by atoms with Crippen LogP contribution in [0, 0.1) is 0 Å². The molecule has 2 aromatic rings. The number of rotatable bonds is 8. The van der Waals surface area contributed by atoms with Gasteiger partial charge in [0.15, 0.2) is 11.5 Å². The number of halogens is 2. The van der Waals surface area contributed by atoms with Crippen molar-refractivity contribution >= 4 is 12.0 Å². The summed E-state index contributed by atoms with van der Waals surface area (Å²) in [6, 6.07) is 11.1. The Kier molecular flexibility index (Phi) is 6.96. The van der Waals surface area contributed by atoms with Crippen molar-refractivity contribution in [2.45, 2.75) is 13.2 Å². The van der Waals surface area contributed by atoms with Crippen LogP contribution >= 0.6 is 0 Å². The average molecular weight is 364 g/mol. The molecule has 0 amide bonds. The van der Waals surface area contributed by atoms with Crippen molar-refractivity contribution in [2.75, 3.05) is 14.2 Å². The molecule has 0 unspecified atom stereocenters. The van der Waals surface area contributed by atoms with Gasteiger partial charge < -0.3 is 18.9 Å². The van der Waals surface area contributed by atoms with E-state index < -0.39 is 12.6 Å². The van der Waals surface area contributed by atoms with Crippen molar-refractivity contribution in [1.29, 1.82) is 0 Å². The maximum atomic E-state index is 12.1. The van der Waals surface area contributed by atoms with Crippen LogP contribution < -0.4 is 14.2 Å². The van der Waals surface area contributed by atoms with Crippen LogP contribution in [0.2, 0.25) is 0 Å². The number of methoxy groups -OCH3 is 2. The van der Waals surface area contributed by atoms with E-state index in [0.29, 0.717) is 22.6 Å². The lowest BCUT2D eigenvalue weighted by Gasteiger charge is -2.12. The van der Waals surface area contributed by atoms with Gasteiger partial charge in [-0.1, -0.05) is 24.3 Å².